The van der Waals surface area contributed by atoms with Gasteiger partial charge in [0, 0.05) is 17.8 Å². The summed E-state index contributed by atoms with van der Waals surface area (Å²) in [5.41, 5.74) is 7.13. The van der Waals surface area contributed by atoms with E-state index in [4.69, 9.17) is 5.73 Å². The van der Waals surface area contributed by atoms with Gasteiger partial charge in [-0.3, -0.25) is 10.3 Å². The van der Waals surface area contributed by atoms with Crippen LogP contribution in [-0.2, 0) is 0 Å². The number of pyridine rings is 1. The summed E-state index contributed by atoms with van der Waals surface area (Å²) in [5, 5.41) is 5.24. The van der Waals surface area contributed by atoms with E-state index in [0.29, 0.717) is 0 Å². The van der Waals surface area contributed by atoms with E-state index >= 15 is 0 Å². The summed E-state index contributed by atoms with van der Waals surface area (Å²) >= 11 is 1.44. The number of nitrogens with one attached hydrogen (secondary N) is 1. The van der Waals surface area contributed by atoms with Gasteiger partial charge in [-0.1, -0.05) is 0 Å². The van der Waals surface area contributed by atoms with E-state index in [2.05, 4.69) is 10.3 Å². The average Bonchev–Trinajstić information content (AvgIpc) is 2.67. The van der Waals surface area contributed by atoms with Gasteiger partial charge in [0.1, 0.15) is 0 Å². The summed E-state index contributed by atoms with van der Waals surface area (Å²) in [6.07, 6.45) is 3.46. The lowest BCUT2D eigenvalue weighted by molar-refractivity contribution is 0.259. The number of aromatic nitrogens is 1. The zero-order valence-corrected chi connectivity index (χ0v) is 8.62. The molecule has 0 aromatic carbocycles. The summed E-state index contributed by atoms with van der Waals surface area (Å²) < 4.78 is 0. The number of hydrogen-bond donors (Lipinski definition) is 2. The highest BCUT2D eigenvalue weighted by Crippen LogP contribution is 2.28. The van der Waals surface area contributed by atoms with Crippen molar-refractivity contribution in [2.45, 2.75) is 0 Å². The van der Waals surface area contributed by atoms with Crippen molar-refractivity contribution in [2.24, 2.45) is 5.73 Å². The Kier molecular flexibility index (Phi) is 2.64. The Hall–Kier alpha value is -1.88. The van der Waals surface area contributed by atoms with Crippen LogP contribution in [0, 0.1) is 0 Å². The second-order valence-electron chi connectivity index (χ2n) is 2.92. The van der Waals surface area contributed by atoms with Gasteiger partial charge in [-0.2, -0.15) is 0 Å². The van der Waals surface area contributed by atoms with Gasteiger partial charge in [0.25, 0.3) is 0 Å². The Balaban J connectivity index is 2.24. The predicted molar refractivity (Wildman–Crippen MR) is 60.8 cm³/mol. The Morgan fingerprint density at radius 2 is 2.07 bits per heavy atom. The molecular weight excluding hydrogens is 210 g/mol. The first-order valence-corrected chi connectivity index (χ1v) is 5.19. The van der Waals surface area contributed by atoms with Gasteiger partial charge in [-0.05, 0) is 29.3 Å². The first kappa shape index (κ1) is 9.67. The number of carbonyl (C=O) groups is 1. The molecule has 0 saturated heterocycles. The SMILES string of the molecule is NC(=O)Nc1cc(-c2ccncc2)cs1. The van der Waals surface area contributed by atoms with Crippen molar-refractivity contribution in [3.8, 4) is 11.1 Å². The van der Waals surface area contributed by atoms with Gasteiger partial charge in [0.15, 0.2) is 0 Å². The Labute approximate surface area is 90.8 Å². The van der Waals surface area contributed by atoms with Crippen LogP contribution in [0.25, 0.3) is 11.1 Å². The molecule has 0 unspecified atom stereocenters. The fourth-order valence-electron chi connectivity index (χ4n) is 1.22. The molecule has 5 heteroatoms. The molecule has 0 spiro atoms. The summed E-state index contributed by atoms with van der Waals surface area (Å²) in [6, 6.07) is 5.16. The monoisotopic (exact) mass is 219 g/mol. The molecule has 15 heavy (non-hydrogen) atoms. The van der Waals surface area contributed by atoms with E-state index in [-0.39, 0.29) is 0 Å². The third-order valence-corrected chi connectivity index (χ3v) is 2.71. The lowest BCUT2D eigenvalue weighted by atomic mass is 10.1. The van der Waals surface area contributed by atoms with Gasteiger partial charge in [0.05, 0.1) is 5.00 Å². The van der Waals surface area contributed by atoms with Crippen LogP contribution in [0.3, 0.4) is 0 Å². The molecule has 0 radical (unpaired) electrons. The lowest BCUT2D eigenvalue weighted by Crippen LogP contribution is -2.18. The molecule has 0 saturated carbocycles. The van der Waals surface area contributed by atoms with Crippen LogP contribution >= 0.6 is 11.3 Å². The molecule has 0 aliphatic heterocycles. The van der Waals surface area contributed by atoms with E-state index in [1.807, 2.05) is 23.6 Å². The Morgan fingerprint density at radius 3 is 2.73 bits per heavy atom. The maximum absolute atomic E-state index is 10.6. The van der Waals surface area contributed by atoms with E-state index in [1.54, 1.807) is 12.4 Å². The standard InChI is InChI=1S/C10H9N3OS/c11-10(14)13-9-5-8(6-15-9)7-1-3-12-4-2-7/h1-6H,(H3,11,13,14). The fraction of sp³-hybridized carbons (Fsp3) is 0. The minimum atomic E-state index is -0.543. The van der Waals surface area contributed by atoms with E-state index in [1.165, 1.54) is 11.3 Å². The number of rotatable bonds is 2. The van der Waals surface area contributed by atoms with Crippen molar-refractivity contribution in [1.29, 1.82) is 0 Å². The number of hydrogen-bond acceptors (Lipinski definition) is 3. The summed E-state index contributed by atoms with van der Waals surface area (Å²) in [6.45, 7) is 0. The van der Waals surface area contributed by atoms with Crippen LogP contribution in [0.2, 0.25) is 0 Å². The molecule has 0 atom stereocenters. The quantitative estimate of drug-likeness (QED) is 0.813. The lowest BCUT2D eigenvalue weighted by Gasteiger charge is -1.95. The van der Waals surface area contributed by atoms with Crippen molar-refractivity contribution >= 4 is 22.4 Å². The number of nitrogens with two attached hydrogens (primary N) is 1. The van der Waals surface area contributed by atoms with Crippen molar-refractivity contribution in [2.75, 3.05) is 5.32 Å². The molecule has 2 rings (SSSR count). The van der Waals surface area contributed by atoms with Crippen molar-refractivity contribution < 1.29 is 4.79 Å². The summed E-state index contributed by atoms with van der Waals surface area (Å²) in [5.74, 6) is 0. The normalized spacial score (nSPS) is 9.87. The zero-order valence-electron chi connectivity index (χ0n) is 7.81. The molecule has 2 aromatic heterocycles. The first-order valence-electron chi connectivity index (χ1n) is 4.31. The highest BCUT2D eigenvalue weighted by atomic mass is 32.1. The molecule has 2 aromatic rings. The van der Waals surface area contributed by atoms with Crippen molar-refractivity contribution in [3.05, 3.63) is 36.0 Å². The minimum Gasteiger partial charge on any atom is -0.351 e. The molecule has 4 nitrogen and oxygen atoms in total. The topological polar surface area (TPSA) is 68.0 Å². The zero-order chi connectivity index (χ0) is 10.7. The average molecular weight is 219 g/mol. The Bertz CT molecular complexity index is 467. The Morgan fingerprint density at radius 1 is 1.33 bits per heavy atom. The van der Waals surface area contributed by atoms with Crippen LogP contribution in [0.4, 0.5) is 9.80 Å². The minimum absolute atomic E-state index is 0.543. The van der Waals surface area contributed by atoms with Crippen LogP contribution in [0.1, 0.15) is 0 Å². The highest BCUT2D eigenvalue weighted by Gasteiger charge is 2.03. The third kappa shape index (κ3) is 2.32. The number of nitrogens with zero attached hydrogens (tertiary/aromatic N) is 1. The molecule has 2 amide bonds. The first-order chi connectivity index (χ1) is 7.25. The van der Waals surface area contributed by atoms with E-state index in [9.17, 15) is 4.79 Å². The van der Waals surface area contributed by atoms with Gasteiger partial charge >= 0.3 is 6.03 Å². The molecule has 0 fully saturated rings. The van der Waals surface area contributed by atoms with Crippen molar-refractivity contribution in [3.63, 3.8) is 0 Å². The predicted octanol–water partition coefficient (Wildman–Crippen LogP) is 2.30. The number of primary amides is 1. The van der Waals surface area contributed by atoms with Crippen LogP contribution in [0.5, 0.6) is 0 Å². The van der Waals surface area contributed by atoms with Gasteiger partial charge in [-0.25, -0.2) is 4.79 Å². The van der Waals surface area contributed by atoms with Crippen LogP contribution < -0.4 is 11.1 Å². The summed E-state index contributed by atoms with van der Waals surface area (Å²) in [4.78, 5) is 14.6. The number of carbonyl (C=O) groups excluding carboxylic acids is 1. The molecule has 0 aliphatic carbocycles. The van der Waals surface area contributed by atoms with Crippen LogP contribution in [0.15, 0.2) is 36.0 Å². The third-order valence-electron chi connectivity index (χ3n) is 1.86. The largest absolute Gasteiger partial charge is 0.351 e. The van der Waals surface area contributed by atoms with Crippen LogP contribution in [-0.4, -0.2) is 11.0 Å². The molecular formula is C10H9N3OS. The van der Waals surface area contributed by atoms with Gasteiger partial charge < -0.3 is 5.73 Å². The maximum atomic E-state index is 10.6. The van der Waals surface area contributed by atoms with E-state index < -0.39 is 6.03 Å². The smallest absolute Gasteiger partial charge is 0.317 e. The number of anilines is 1. The fourth-order valence-corrected chi connectivity index (χ4v) is 2.03. The number of thiophene rings is 1. The summed E-state index contributed by atoms with van der Waals surface area (Å²) in [7, 11) is 0. The van der Waals surface area contributed by atoms with E-state index in [0.717, 1.165) is 16.1 Å². The highest BCUT2D eigenvalue weighted by molar-refractivity contribution is 7.14. The molecule has 2 heterocycles. The molecule has 0 aliphatic rings. The second-order valence-corrected chi connectivity index (χ2v) is 3.84. The molecule has 76 valence electrons. The number of amides is 2. The van der Waals surface area contributed by atoms with Crippen molar-refractivity contribution in [1.82, 2.24) is 4.98 Å². The molecule has 0 bridgehead atoms. The second kappa shape index (κ2) is 4.10. The van der Waals surface area contributed by atoms with Gasteiger partial charge in [0.2, 0.25) is 0 Å². The van der Waals surface area contributed by atoms with Gasteiger partial charge in [-0.15, -0.1) is 11.3 Å². The maximum Gasteiger partial charge on any atom is 0.317 e. The number of urea groups is 1. The molecule has 3 N–H and O–H groups in total.